The van der Waals surface area contributed by atoms with E-state index in [0.717, 1.165) is 64.2 Å². The summed E-state index contributed by atoms with van der Waals surface area (Å²) < 4.78 is 5.91. The lowest BCUT2D eigenvalue weighted by molar-refractivity contribution is -0.151. The Morgan fingerprint density at radius 3 is 1.27 bits per heavy atom. The molecule has 0 aromatic rings. The van der Waals surface area contributed by atoms with E-state index in [2.05, 4.69) is 50.4 Å². The number of allylic oxidation sites excluding steroid dienone is 4. The second-order valence-corrected chi connectivity index (χ2v) is 18.3. The van der Waals surface area contributed by atoms with Crippen LogP contribution in [-0.2, 0) is 14.3 Å². The summed E-state index contributed by atoms with van der Waals surface area (Å²) >= 11 is 0. The molecule has 3 unspecified atom stereocenters. The summed E-state index contributed by atoms with van der Waals surface area (Å²) in [5.41, 5.74) is 0. The monoisotopic (exact) mass is 846 g/mol. The van der Waals surface area contributed by atoms with Gasteiger partial charge in [-0.05, 0) is 70.6 Å². The summed E-state index contributed by atoms with van der Waals surface area (Å²) in [7, 11) is 0. The molecule has 0 aromatic carbocycles. The fraction of sp³-hybridized carbons (Fsp3) is 0.889. The first-order valence-corrected chi connectivity index (χ1v) is 26.6. The Morgan fingerprint density at radius 1 is 0.467 bits per heavy atom. The zero-order chi connectivity index (χ0) is 43.8. The number of hydrogen-bond donors (Lipinski definition) is 3. The Kier molecular flexibility index (Phi) is 47.0. The molecular weight excluding hydrogens is 743 g/mol. The predicted molar refractivity (Wildman–Crippen MR) is 260 cm³/mol. The van der Waals surface area contributed by atoms with Gasteiger partial charge in [-0.15, -0.1) is 0 Å². The highest BCUT2D eigenvalue weighted by molar-refractivity contribution is 5.77. The zero-order valence-electron chi connectivity index (χ0n) is 40.4. The van der Waals surface area contributed by atoms with Crippen molar-refractivity contribution in [1.82, 2.24) is 5.32 Å². The number of ether oxygens (including phenoxy) is 1. The van der Waals surface area contributed by atoms with Crippen molar-refractivity contribution in [2.45, 2.75) is 302 Å². The molecule has 0 radical (unpaired) electrons. The van der Waals surface area contributed by atoms with Gasteiger partial charge in [-0.25, -0.2) is 0 Å². The molecule has 0 spiro atoms. The molecule has 0 heterocycles. The van der Waals surface area contributed by atoms with Crippen molar-refractivity contribution in [1.29, 1.82) is 0 Å². The molecule has 0 fully saturated rings. The van der Waals surface area contributed by atoms with Gasteiger partial charge in [0.15, 0.2) is 0 Å². The van der Waals surface area contributed by atoms with Crippen molar-refractivity contribution in [3.63, 3.8) is 0 Å². The zero-order valence-corrected chi connectivity index (χ0v) is 40.4. The van der Waals surface area contributed by atoms with Crippen LogP contribution in [0.25, 0.3) is 0 Å². The van der Waals surface area contributed by atoms with Crippen molar-refractivity contribution in [3.05, 3.63) is 24.3 Å². The van der Waals surface area contributed by atoms with Crippen molar-refractivity contribution in [2.24, 2.45) is 0 Å². The van der Waals surface area contributed by atoms with E-state index < -0.39 is 18.2 Å². The summed E-state index contributed by atoms with van der Waals surface area (Å²) in [4.78, 5) is 26.1. The van der Waals surface area contributed by atoms with Crippen LogP contribution < -0.4 is 5.32 Å². The molecule has 1 amide bonds. The van der Waals surface area contributed by atoms with E-state index in [1.165, 1.54) is 173 Å². The topological polar surface area (TPSA) is 95.9 Å². The molecule has 60 heavy (non-hydrogen) atoms. The lowest BCUT2D eigenvalue weighted by Crippen LogP contribution is -2.46. The van der Waals surface area contributed by atoms with Crippen LogP contribution in [0.1, 0.15) is 284 Å². The molecule has 0 saturated carbocycles. The van der Waals surface area contributed by atoms with Crippen LogP contribution in [0.4, 0.5) is 0 Å². The molecule has 0 bridgehead atoms. The van der Waals surface area contributed by atoms with E-state index in [0.29, 0.717) is 19.3 Å². The molecule has 0 saturated heterocycles. The fourth-order valence-corrected chi connectivity index (χ4v) is 8.17. The Labute approximate surface area is 373 Å². The average Bonchev–Trinajstić information content (AvgIpc) is 3.24. The summed E-state index contributed by atoms with van der Waals surface area (Å²) in [5, 5.41) is 23.8. The number of carbonyl (C=O) groups excluding carboxylic acids is 2. The summed E-state index contributed by atoms with van der Waals surface area (Å²) in [5.74, 6) is -0.486. The molecule has 3 atom stereocenters. The second-order valence-electron chi connectivity index (χ2n) is 18.3. The molecule has 6 heteroatoms. The minimum Gasteiger partial charge on any atom is -0.462 e. The predicted octanol–water partition coefficient (Wildman–Crippen LogP) is 15.9. The minimum atomic E-state index is -0.788. The lowest BCUT2D eigenvalue weighted by Gasteiger charge is -2.24. The van der Waals surface area contributed by atoms with E-state index in [-0.39, 0.29) is 24.9 Å². The number of amides is 1. The number of hydrogen-bond acceptors (Lipinski definition) is 5. The fourth-order valence-electron chi connectivity index (χ4n) is 8.17. The van der Waals surface area contributed by atoms with Crippen LogP contribution in [0.2, 0.25) is 0 Å². The molecule has 0 aromatic heterocycles. The number of rotatable bonds is 48. The van der Waals surface area contributed by atoms with Gasteiger partial charge in [0.1, 0.15) is 6.10 Å². The maximum atomic E-state index is 13.2. The van der Waals surface area contributed by atoms with E-state index in [4.69, 9.17) is 4.74 Å². The lowest BCUT2D eigenvalue weighted by atomic mass is 10.0. The van der Waals surface area contributed by atoms with Crippen LogP contribution in [0.5, 0.6) is 0 Å². The number of carbonyl (C=O) groups is 2. The van der Waals surface area contributed by atoms with Gasteiger partial charge in [-0.2, -0.15) is 0 Å². The molecule has 0 aliphatic carbocycles. The van der Waals surface area contributed by atoms with Crippen molar-refractivity contribution in [2.75, 3.05) is 6.61 Å². The number of aliphatic hydroxyl groups excluding tert-OH is 2. The number of esters is 1. The largest absolute Gasteiger partial charge is 0.462 e. The van der Waals surface area contributed by atoms with Gasteiger partial charge in [0.25, 0.3) is 0 Å². The summed E-state index contributed by atoms with van der Waals surface area (Å²) in [6.45, 7) is 6.44. The highest BCUT2D eigenvalue weighted by atomic mass is 16.5. The van der Waals surface area contributed by atoms with Crippen molar-refractivity contribution < 1.29 is 24.5 Å². The van der Waals surface area contributed by atoms with Crippen LogP contribution >= 0.6 is 0 Å². The third kappa shape index (κ3) is 43.0. The highest BCUT2D eigenvalue weighted by Gasteiger charge is 2.24. The van der Waals surface area contributed by atoms with Gasteiger partial charge in [-0.3, -0.25) is 9.59 Å². The first-order valence-electron chi connectivity index (χ1n) is 26.6. The molecule has 0 rings (SSSR count). The average molecular weight is 846 g/mol. The first-order chi connectivity index (χ1) is 29.5. The van der Waals surface area contributed by atoms with Crippen LogP contribution in [0.3, 0.4) is 0 Å². The van der Waals surface area contributed by atoms with Crippen LogP contribution in [0.15, 0.2) is 24.3 Å². The van der Waals surface area contributed by atoms with Gasteiger partial charge in [0, 0.05) is 6.42 Å². The SMILES string of the molecule is CCCC/C=C\CCCCCC(CC(=O)NC(CO)C(O)CCCCCCCCCCCCCCCCCCC)OC(=O)CCCCCCCCC/C=C\CCCCCC. The normalized spacial score (nSPS) is 13.3. The maximum Gasteiger partial charge on any atom is 0.306 e. The van der Waals surface area contributed by atoms with Crippen LogP contribution in [0, 0.1) is 0 Å². The highest BCUT2D eigenvalue weighted by Crippen LogP contribution is 2.18. The minimum absolute atomic E-state index is 0.0685. The number of nitrogens with one attached hydrogen (secondary N) is 1. The molecule has 6 nitrogen and oxygen atoms in total. The molecular formula is C54H103NO5. The van der Waals surface area contributed by atoms with Crippen LogP contribution in [-0.4, -0.2) is 46.9 Å². The van der Waals surface area contributed by atoms with E-state index in [9.17, 15) is 19.8 Å². The Bertz CT molecular complexity index is 950. The first kappa shape index (κ1) is 58.3. The van der Waals surface area contributed by atoms with Gasteiger partial charge < -0.3 is 20.3 Å². The van der Waals surface area contributed by atoms with E-state index in [1.54, 1.807) is 0 Å². The van der Waals surface area contributed by atoms with Gasteiger partial charge in [0.2, 0.25) is 5.91 Å². The second kappa shape index (κ2) is 48.4. The van der Waals surface area contributed by atoms with E-state index >= 15 is 0 Å². The Balaban J connectivity index is 4.40. The molecule has 354 valence electrons. The molecule has 0 aliphatic heterocycles. The Morgan fingerprint density at radius 2 is 0.817 bits per heavy atom. The quantitative estimate of drug-likeness (QED) is 0.0322. The van der Waals surface area contributed by atoms with Gasteiger partial charge in [0.05, 0.1) is 25.2 Å². The molecule has 0 aliphatic rings. The molecule has 3 N–H and O–H groups in total. The van der Waals surface area contributed by atoms with Gasteiger partial charge in [-0.1, -0.05) is 225 Å². The van der Waals surface area contributed by atoms with E-state index in [1.807, 2.05) is 0 Å². The number of unbranched alkanes of at least 4 members (excludes halogenated alkanes) is 32. The Hall–Kier alpha value is -1.66. The van der Waals surface area contributed by atoms with Crippen molar-refractivity contribution >= 4 is 11.9 Å². The summed E-state index contributed by atoms with van der Waals surface area (Å²) in [6.07, 6.45) is 55.3. The van der Waals surface area contributed by atoms with Crippen molar-refractivity contribution in [3.8, 4) is 0 Å². The standard InChI is InChI=1S/C54H103NO5/c1-4-7-10-13-16-19-21-23-25-26-28-29-31-34-37-40-43-46-52(57)51(49-56)55-53(58)48-50(45-42-39-36-33-18-15-12-9-6-3)60-54(59)47-44-41-38-35-32-30-27-24-22-20-17-14-11-8-5-2/h15,18,20,22,50-52,56-57H,4-14,16-17,19,21,23-49H2,1-3H3,(H,55,58)/b18-15-,22-20-. The summed E-state index contributed by atoms with van der Waals surface area (Å²) in [6, 6.07) is -0.703. The third-order valence-corrected chi connectivity index (χ3v) is 12.3. The maximum absolute atomic E-state index is 13.2. The smallest absolute Gasteiger partial charge is 0.306 e. The van der Waals surface area contributed by atoms with Gasteiger partial charge >= 0.3 is 5.97 Å². The third-order valence-electron chi connectivity index (χ3n) is 12.3. The number of aliphatic hydroxyl groups is 2.